The van der Waals surface area contributed by atoms with Crippen molar-refractivity contribution in [1.29, 1.82) is 0 Å². The lowest BCUT2D eigenvalue weighted by Crippen LogP contribution is -2.12. The van der Waals surface area contributed by atoms with E-state index in [9.17, 15) is 9.18 Å². The van der Waals surface area contributed by atoms with Crippen molar-refractivity contribution < 1.29 is 13.6 Å². The highest BCUT2D eigenvalue weighted by atomic mass is 19.1. The Balaban J connectivity index is 1.89. The molecule has 0 bridgehead atoms. The fourth-order valence-corrected chi connectivity index (χ4v) is 1.91. The van der Waals surface area contributed by atoms with Crippen molar-refractivity contribution in [3.05, 3.63) is 60.1 Å². The van der Waals surface area contributed by atoms with Gasteiger partial charge in [0.05, 0.1) is 5.69 Å². The molecule has 1 heterocycles. The number of carbonyl (C=O) groups excluding carboxylic acids is 1. The number of anilines is 2. The van der Waals surface area contributed by atoms with E-state index in [1.165, 1.54) is 12.1 Å². The van der Waals surface area contributed by atoms with Crippen LogP contribution in [-0.4, -0.2) is 5.91 Å². The van der Waals surface area contributed by atoms with Crippen LogP contribution in [0.2, 0.25) is 0 Å². The first-order chi connectivity index (χ1) is 9.63. The molecule has 2 aromatic carbocycles. The Hall–Kier alpha value is -2.82. The fraction of sp³-hybridized carbons (Fsp3) is 0. The van der Waals surface area contributed by atoms with Crippen molar-refractivity contribution in [2.45, 2.75) is 0 Å². The van der Waals surface area contributed by atoms with E-state index >= 15 is 0 Å². The smallest absolute Gasteiger partial charge is 0.291 e. The van der Waals surface area contributed by atoms with Gasteiger partial charge in [0.15, 0.2) is 5.76 Å². The zero-order chi connectivity index (χ0) is 14.1. The second kappa shape index (κ2) is 4.70. The number of furan rings is 1. The summed E-state index contributed by atoms with van der Waals surface area (Å²) in [6.45, 7) is 0. The maximum atomic E-state index is 13.6. The van der Waals surface area contributed by atoms with Crippen molar-refractivity contribution >= 4 is 28.3 Å². The van der Waals surface area contributed by atoms with Crippen LogP contribution in [0.3, 0.4) is 0 Å². The number of rotatable bonds is 2. The largest absolute Gasteiger partial charge is 0.451 e. The first kappa shape index (κ1) is 12.2. The second-order valence-electron chi connectivity index (χ2n) is 4.34. The van der Waals surface area contributed by atoms with Gasteiger partial charge in [-0.05, 0) is 30.3 Å². The van der Waals surface area contributed by atoms with Crippen molar-refractivity contribution in [3.8, 4) is 0 Å². The molecule has 0 saturated heterocycles. The first-order valence-electron chi connectivity index (χ1n) is 5.98. The van der Waals surface area contributed by atoms with Gasteiger partial charge in [-0.1, -0.05) is 18.2 Å². The molecule has 1 aromatic heterocycles. The van der Waals surface area contributed by atoms with Crippen LogP contribution in [0.25, 0.3) is 11.0 Å². The number of hydrogen-bond donors (Lipinski definition) is 2. The van der Waals surface area contributed by atoms with Gasteiger partial charge in [0.25, 0.3) is 5.91 Å². The third-order valence-corrected chi connectivity index (χ3v) is 2.89. The molecule has 0 aliphatic carbocycles. The molecule has 4 nitrogen and oxygen atoms in total. The first-order valence-corrected chi connectivity index (χ1v) is 5.98. The molecule has 20 heavy (non-hydrogen) atoms. The van der Waals surface area contributed by atoms with Crippen LogP contribution >= 0.6 is 0 Å². The van der Waals surface area contributed by atoms with Gasteiger partial charge in [-0.2, -0.15) is 0 Å². The van der Waals surface area contributed by atoms with Gasteiger partial charge < -0.3 is 15.5 Å². The van der Waals surface area contributed by atoms with E-state index in [1.807, 2.05) is 18.2 Å². The maximum Gasteiger partial charge on any atom is 0.291 e. The van der Waals surface area contributed by atoms with Gasteiger partial charge in [-0.15, -0.1) is 0 Å². The predicted octanol–water partition coefficient (Wildman–Crippen LogP) is 3.41. The molecular weight excluding hydrogens is 259 g/mol. The van der Waals surface area contributed by atoms with Gasteiger partial charge in [-0.3, -0.25) is 4.79 Å². The van der Waals surface area contributed by atoms with E-state index in [2.05, 4.69) is 5.32 Å². The summed E-state index contributed by atoms with van der Waals surface area (Å²) in [5, 5.41) is 3.27. The lowest BCUT2D eigenvalue weighted by atomic mass is 10.2. The monoisotopic (exact) mass is 270 g/mol. The second-order valence-corrected chi connectivity index (χ2v) is 4.34. The molecule has 3 N–H and O–H groups in total. The third-order valence-electron chi connectivity index (χ3n) is 2.89. The highest BCUT2D eigenvalue weighted by Gasteiger charge is 2.14. The van der Waals surface area contributed by atoms with Crippen LogP contribution in [0.1, 0.15) is 10.6 Å². The minimum Gasteiger partial charge on any atom is -0.451 e. The van der Waals surface area contributed by atoms with Crippen molar-refractivity contribution in [1.82, 2.24) is 0 Å². The number of amides is 1. The Kier molecular flexibility index (Phi) is 2.87. The van der Waals surface area contributed by atoms with Gasteiger partial charge in [-0.25, -0.2) is 4.39 Å². The quantitative estimate of drug-likeness (QED) is 0.701. The normalized spacial score (nSPS) is 10.7. The summed E-state index contributed by atoms with van der Waals surface area (Å²) in [7, 11) is 0. The van der Waals surface area contributed by atoms with Gasteiger partial charge in [0, 0.05) is 11.1 Å². The van der Waals surface area contributed by atoms with E-state index in [0.29, 0.717) is 11.3 Å². The number of nitrogen functional groups attached to an aromatic ring is 1. The van der Waals surface area contributed by atoms with Crippen LogP contribution in [0.15, 0.2) is 52.9 Å². The SMILES string of the molecule is Nc1ccc(NC(=O)c2cc3ccccc3o2)c(F)c1. The van der Waals surface area contributed by atoms with E-state index in [4.69, 9.17) is 10.2 Å². The van der Waals surface area contributed by atoms with Gasteiger partial charge in [0.1, 0.15) is 11.4 Å². The summed E-state index contributed by atoms with van der Waals surface area (Å²) in [5.74, 6) is -0.971. The average molecular weight is 270 g/mol. The third kappa shape index (κ3) is 2.21. The van der Waals surface area contributed by atoms with Crippen LogP contribution < -0.4 is 11.1 Å². The van der Waals surface area contributed by atoms with Crippen molar-refractivity contribution in [3.63, 3.8) is 0 Å². The Morgan fingerprint density at radius 3 is 2.70 bits per heavy atom. The number of nitrogens with two attached hydrogens (primary N) is 1. The molecule has 0 atom stereocenters. The number of fused-ring (bicyclic) bond motifs is 1. The van der Waals surface area contributed by atoms with E-state index in [0.717, 1.165) is 11.5 Å². The molecule has 0 spiro atoms. The molecule has 0 fully saturated rings. The highest BCUT2D eigenvalue weighted by molar-refractivity contribution is 6.04. The van der Waals surface area contributed by atoms with Crippen LogP contribution in [0, 0.1) is 5.82 Å². The standard InChI is InChI=1S/C15H11FN2O2/c16-11-8-10(17)5-6-12(11)18-15(19)14-7-9-3-1-2-4-13(9)20-14/h1-8H,17H2,(H,18,19). The van der Waals surface area contributed by atoms with Crippen LogP contribution in [0.5, 0.6) is 0 Å². The Morgan fingerprint density at radius 2 is 1.95 bits per heavy atom. The minimum absolute atomic E-state index is 0.0599. The number of benzene rings is 2. The molecule has 1 amide bonds. The molecule has 0 unspecified atom stereocenters. The van der Waals surface area contributed by atoms with E-state index in [1.54, 1.807) is 12.1 Å². The average Bonchev–Trinajstić information content (AvgIpc) is 2.86. The zero-order valence-electron chi connectivity index (χ0n) is 10.4. The van der Waals surface area contributed by atoms with Gasteiger partial charge >= 0.3 is 0 Å². The van der Waals surface area contributed by atoms with E-state index < -0.39 is 11.7 Å². The molecule has 0 aliphatic heterocycles. The fourth-order valence-electron chi connectivity index (χ4n) is 1.91. The van der Waals surface area contributed by atoms with Gasteiger partial charge in [0.2, 0.25) is 0 Å². The summed E-state index contributed by atoms with van der Waals surface area (Å²) in [5.41, 5.74) is 6.41. The summed E-state index contributed by atoms with van der Waals surface area (Å²) < 4.78 is 19.0. The summed E-state index contributed by atoms with van der Waals surface area (Å²) in [6.07, 6.45) is 0. The molecule has 3 rings (SSSR count). The summed E-state index contributed by atoms with van der Waals surface area (Å²) >= 11 is 0. The minimum atomic E-state index is -0.588. The number of hydrogen-bond acceptors (Lipinski definition) is 3. The number of para-hydroxylation sites is 1. The number of halogens is 1. The number of nitrogens with one attached hydrogen (secondary N) is 1. The lowest BCUT2D eigenvalue weighted by Gasteiger charge is -2.04. The number of carbonyl (C=O) groups is 1. The maximum absolute atomic E-state index is 13.6. The highest BCUT2D eigenvalue weighted by Crippen LogP contribution is 2.21. The summed E-state index contributed by atoms with van der Waals surface area (Å²) in [6, 6.07) is 12.9. The molecule has 3 aromatic rings. The lowest BCUT2D eigenvalue weighted by molar-refractivity contribution is 0.0998. The van der Waals surface area contributed by atoms with Crippen molar-refractivity contribution in [2.24, 2.45) is 0 Å². The predicted molar refractivity (Wildman–Crippen MR) is 75.0 cm³/mol. The molecular formula is C15H11FN2O2. The topological polar surface area (TPSA) is 68.3 Å². The van der Waals surface area contributed by atoms with Crippen LogP contribution in [0.4, 0.5) is 15.8 Å². The summed E-state index contributed by atoms with van der Waals surface area (Å²) in [4.78, 5) is 12.0. The molecule has 0 aliphatic rings. The Morgan fingerprint density at radius 1 is 1.15 bits per heavy atom. The zero-order valence-corrected chi connectivity index (χ0v) is 10.4. The molecule has 0 radical (unpaired) electrons. The van der Waals surface area contributed by atoms with Crippen molar-refractivity contribution in [2.75, 3.05) is 11.1 Å². The molecule has 5 heteroatoms. The Labute approximate surface area is 114 Å². The van der Waals surface area contributed by atoms with E-state index in [-0.39, 0.29) is 11.4 Å². The Bertz CT molecular complexity index is 762. The molecule has 100 valence electrons. The van der Waals surface area contributed by atoms with Crippen LogP contribution in [-0.2, 0) is 0 Å². The molecule has 0 saturated carbocycles.